The van der Waals surface area contributed by atoms with Crippen LogP contribution in [0.2, 0.25) is 0 Å². The Morgan fingerprint density at radius 3 is 2.71 bits per heavy atom. The van der Waals surface area contributed by atoms with Crippen LogP contribution in [0.5, 0.6) is 0 Å². The van der Waals surface area contributed by atoms with E-state index in [1.54, 1.807) is 0 Å². The van der Waals surface area contributed by atoms with Gasteiger partial charge in [0.05, 0.1) is 13.2 Å². The van der Waals surface area contributed by atoms with Crippen LogP contribution < -0.4 is 5.32 Å². The molecule has 0 fully saturated rings. The third-order valence-electron chi connectivity index (χ3n) is 1.92. The second-order valence-electron chi connectivity index (χ2n) is 4.19. The smallest absolute Gasteiger partial charge is 0.0591 e. The van der Waals surface area contributed by atoms with Gasteiger partial charge >= 0.3 is 0 Å². The van der Waals surface area contributed by atoms with Crippen LogP contribution in [-0.2, 0) is 4.74 Å². The molecule has 0 aromatic rings. The summed E-state index contributed by atoms with van der Waals surface area (Å²) in [5, 5.41) is 12.2. The normalized spacial score (nSPS) is 11.6. The van der Waals surface area contributed by atoms with Crippen molar-refractivity contribution in [3.8, 4) is 0 Å². The van der Waals surface area contributed by atoms with Gasteiger partial charge in [-0.05, 0) is 6.42 Å². The molecule has 2 N–H and O–H groups in total. The lowest BCUT2D eigenvalue weighted by Gasteiger charge is -2.21. The molecule has 0 aromatic carbocycles. The molecule has 0 spiro atoms. The SMILES string of the molecule is C=CCCOCCNCC(C)(C)CO. The van der Waals surface area contributed by atoms with Crippen LogP contribution in [-0.4, -0.2) is 38.0 Å². The molecule has 84 valence electrons. The van der Waals surface area contributed by atoms with Crippen molar-refractivity contribution in [1.82, 2.24) is 5.32 Å². The van der Waals surface area contributed by atoms with E-state index in [-0.39, 0.29) is 12.0 Å². The summed E-state index contributed by atoms with van der Waals surface area (Å²) >= 11 is 0. The van der Waals surface area contributed by atoms with Crippen LogP contribution in [0, 0.1) is 5.41 Å². The fourth-order valence-electron chi connectivity index (χ4n) is 0.896. The van der Waals surface area contributed by atoms with E-state index in [9.17, 15) is 0 Å². The number of aliphatic hydroxyl groups is 1. The lowest BCUT2D eigenvalue weighted by atomic mass is 9.95. The molecule has 14 heavy (non-hydrogen) atoms. The Morgan fingerprint density at radius 1 is 1.43 bits per heavy atom. The van der Waals surface area contributed by atoms with E-state index in [1.807, 2.05) is 19.9 Å². The zero-order valence-electron chi connectivity index (χ0n) is 9.38. The molecule has 0 radical (unpaired) electrons. The molecule has 0 aliphatic heterocycles. The van der Waals surface area contributed by atoms with Crippen molar-refractivity contribution in [2.75, 3.05) is 32.9 Å². The Labute approximate surface area is 87.2 Å². The number of ether oxygens (including phenoxy) is 1. The highest BCUT2D eigenvalue weighted by Crippen LogP contribution is 2.10. The molecule has 0 aromatic heterocycles. The monoisotopic (exact) mass is 201 g/mol. The first-order valence-electron chi connectivity index (χ1n) is 5.12. The molecule has 0 rings (SSSR count). The van der Waals surface area contributed by atoms with Gasteiger partial charge in [0.25, 0.3) is 0 Å². The minimum absolute atomic E-state index is 0.0406. The summed E-state index contributed by atoms with van der Waals surface area (Å²) in [4.78, 5) is 0. The Morgan fingerprint density at radius 2 is 2.14 bits per heavy atom. The van der Waals surface area contributed by atoms with Gasteiger partial charge in [-0.15, -0.1) is 6.58 Å². The standard InChI is InChI=1S/C11H23NO2/c1-4-5-7-14-8-6-12-9-11(2,3)10-13/h4,12-13H,1,5-10H2,2-3H3. The Kier molecular flexibility index (Phi) is 7.76. The maximum atomic E-state index is 8.98. The Hall–Kier alpha value is -0.380. The van der Waals surface area contributed by atoms with Gasteiger partial charge < -0.3 is 15.2 Å². The first-order chi connectivity index (χ1) is 6.62. The predicted molar refractivity (Wildman–Crippen MR) is 59.4 cm³/mol. The van der Waals surface area contributed by atoms with E-state index >= 15 is 0 Å². The summed E-state index contributed by atoms with van der Waals surface area (Å²) in [6.07, 6.45) is 2.75. The number of nitrogens with one attached hydrogen (secondary N) is 1. The van der Waals surface area contributed by atoms with Gasteiger partial charge in [0.15, 0.2) is 0 Å². The molecular weight excluding hydrogens is 178 g/mol. The Bertz CT molecular complexity index is 146. The van der Waals surface area contributed by atoms with Crippen LogP contribution in [0.15, 0.2) is 12.7 Å². The van der Waals surface area contributed by atoms with Crippen LogP contribution in [0.25, 0.3) is 0 Å². The minimum atomic E-state index is -0.0406. The summed E-state index contributed by atoms with van der Waals surface area (Å²) in [6, 6.07) is 0. The quantitative estimate of drug-likeness (QED) is 0.435. The van der Waals surface area contributed by atoms with Crippen LogP contribution in [0.4, 0.5) is 0 Å². The summed E-state index contributed by atoms with van der Waals surface area (Å²) in [5.74, 6) is 0. The largest absolute Gasteiger partial charge is 0.396 e. The highest BCUT2D eigenvalue weighted by atomic mass is 16.5. The molecule has 3 nitrogen and oxygen atoms in total. The van der Waals surface area contributed by atoms with Crippen molar-refractivity contribution in [3.63, 3.8) is 0 Å². The molecule has 0 saturated carbocycles. The van der Waals surface area contributed by atoms with Gasteiger partial charge in [-0.25, -0.2) is 0 Å². The van der Waals surface area contributed by atoms with Gasteiger partial charge in [0.1, 0.15) is 0 Å². The molecule has 0 unspecified atom stereocenters. The highest BCUT2D eigenvalue weighted by molar-refractivity contribution is 4.69. The van der Waals surface area contributed by atoms with Crippen LogP contribution in [0.3, 0.4) is 0 Å². The Balaban J connectivity index is 3.17. The van der Waals surface area contributed by atoms with Crippen molar-refractivity contribution >= 4 is 0 Å². The summed E-state index contributed by atoms with van der Waals surface area (Å²) in [5.41, 5.74) is -0.0406. The maximum absolute atomic E-state index is 8.98. The molecule has 0 heterocycles. The molecule has 0 aliphatic carbocycles. The van der Waals surface area contributed by atoms with E-state index in [1.165, 1.54) is 0 Å². The molecule has 0 bridgehead atoms. The van der Waals surface area contributed by atoms with Gasteiger partial charge in [-0.2, -0.15) is 0 Å². The number of hydrogen-bond donors (Lipinski definition) is 2. The molecule has 0 amide bonds. The van der Waals surface area contributed by atoms with E-state index < -0.39 is 0 Å². The van der Waals surface area contributed by atoms with Crippen LogP contribution in [0.1, 0.15) is 20.3 Å². The van der Waals surface area contributed by atoms with Crippen molar-refractivity contribution in [2.45, 2.75) is 20.3 Å². The maximum Gasteiger partial charge on any atom is 0.0591 e. The number of rotatable bonds is 9. The average molecular weight is 201 g/mol. The van der Waals surface area contributed by atoms with E-state index in [0.717, 1.165) is 32.7 Å². The van der Waals surface area contributed by atoms with E-state index in [4.69, 9.17) is 9.84 Å². The van der Waals surface area contributed by atoms with E-state index in [0.29, 0.717) is 0 Å². The minimum Gasteiger partial charge on any atom is -0.396 e. The third-order valence-corrected chi connectivity index (χ3v) is 1.92. The third kappa shape index (κ3) is 8.23. The van der Waals surface area contributed by atoms with Crippen molar-refractivity contribution in [1.29, 1.82) is 0 Å². The van der Waals surface area contributed by atoms with Crippen molar-refractivity contribution in [2.24, 2.45) is 5.41 Å². The van der Waals surface area contributed by atoms with Gasteiger partial charge in [0, 0.05) is 25.1 Å². The van der Waals surface area contributed by atoms with Gasteiger partial charge in [0.2, 0.25) is 0 Å². The topological polar surface area (TPSA) is 41.5 Å². The number of hydrogen-bond acceptors (Lipinski definition) is 3. The summed E-state index contributed by atoms with van der Waals surface area (Å²) in [7, 11) is 0. The van der Waals surface area contributed by atoms with Crippen LogP contribution >= 0.6 is 0 Å². The fourth-order valence-corrected chi connectivity index (χ4v) is 0.896. The van der Waals surface area contributed by atoms with Crippen molar-refractivity contribution in [3.05, 3.63) is 12.7 Å². The molecule has 0 atom stereocenters. The molecule has 3 heteroatoms. The summed E-state index contributed by atoms with van der Waals surface area (Å²) < 4.78 is 5.33. The first-order valence-corrected chi connectivity index (χ1v) is 5.12. The van der Waals surface area contributed by atoms with Gasteiger partial charge in [-0.3, -0.25) is 0 Å². The zero-order chi connectivity index (χ0) is 10.9. The highest BCUT2D eigenvalue weighted by Gasteiger charge is 2.14. The lowest BCUT2D eigenvalue weighted by molar-refractivity contribution is 0.128. The van der Waals surface area contributed by atoms with E-state index in [2.05, 4.69) is 11.9 Å². The second kappa shape index (κ2) is 7.97. The predicted octanol–water partition coefficient (Wildman–Crippen LogP) is 1.19. The number of aliphatic hydroxyl groups excluding tert-OH is 1. The average Bonchev–Trinajstić information content (AvgIpc) is 2.16. The first kappa shape index (κ1) is 13.6. The summed E-state index contributed by atoms with van der Waals surface area (Å²) in [6.45, 7) is 11.0. The second-order valence-corrected chi connectivity index (χ2v) is 4.19. The fraction of sp³-hybridized carbons (Fsp3) is 0.818. The van der Waals surface area contributed by atoms with Gasteiger partial charge in [-0.1, -0.05) is 19.9 Å². The zero-order valence-corrected chi connectivity index (χ0v) is 9.38. The molecule has 0 saturated heterocycles. The molecule has 0 aliphatic rings. The lowest BCUT2D eigenvalue weighted by Crippen LogP contribution is -2.34. The van der Waals surface area contributed by atoms with Crippen molar-refractivity contribution < 1.29 is 9.84 Å². The molecular formula is C11H23NO2.